The molecule has 6 nitrogen and oxygen atoms in total. The third kappa shape index (κ3) is 5.41. The van der Waals surface area contributed by atoms with Gasteiger partial charge < -0.3 is 19.7 Å². The number of para-hydroxylation sites is 1. The zero-order valence-corrected chi connectivity index (χ0v) is 20.2. The second kappa shape index (κ2) is 10.8. The predicted molar refractivity (Wildman–Crippen MR) is 131 cm³/mol. The zero-order chi connectivity index (χ0) is 24.9. The number of benzene rings is 3. The summed E-state index contributed by atoms with van der Waals surface area (Å²) in [5, 5.41) is 3.49. The monoisotopic (exact) mass is 496 g/mol. The van der Waals surface area contributed by atoms with Gasteiger partial charge in [-0.05, 0) is 48.0 Å². The van der Waals surface area contributed by atoms with Gasteiger partial charge in [0.05, 0.1) is 20.1 Å². The van der Waals surface area contributed by atoms with Crippen LogP contribution in [-0.2, 0) is 11.3 Å². The maximum atomic E-state index is 13.4. The van der Waals surface area contributed by atoms with Crippen molar-refractivity contribution in [2.45, 2.75) is 12.5 Å². The fraction of sp³-hybridized carbons (Fsp3) is 0.259. The summed E-state index contributed by atoms with van der Waals surface area (Å²) < 4.78 is 24.3. The van der Waals surface area contributed by atoms with E-state index in [0.717, 1.165) is 11.1 Å². The van der Waals surface area contributed by atoms with Gasteiger partial charge in [0.25, 0.3) is 5.91 Å². The number of hydrogen-bond donors (Lipinski definition) is 1. The summed E-state index contributed by atoms with van der Waals surface area (Å²) in [6, 6.07) is 18.2. The fourth-order valence-electron chi connectivity index (χ4n) is 4.45. The summed E-state index contributed by atoms with van der Waals surface area (Å²) in [5.41, 5.74) is 2.07. The Labute approximate surface area is 208 Å². The van der Waals surface area contributed by atoms with Gasteiger partial charge in [0, 0.05) is 41.7 Å². The third-order valence-electron chi connectivity index (χ3n) is 6.25. The maximum absolute atomic E-state index is 13.4. The van der Waals surface area contributed by atoms with Gasteiger partial charge >= 0.3 is 0 Å². The number of rotatable bonds is 7. The van der Waals surface area contributed by atoms with Crippen molar-refractivity contribution in [3.8, 4) is 11.5 Å². The fourth-order valence-corrected chi connectivity index (χ4v) is 4.58. The third-order valence-corrected chi connectivity index (χ3v) is 6.50. The second-order valence-corrected chi connectivity index (χ2v) is 8.79. The molecule has 1 saturated heterocycles. The number of carbonyl (C=O) groups is 2. The molecule has 1 fully saturated rings. The Bertz CT molecular complexity index is 1200. The molecule has 3 aromatic rings. The van der Waals surface area contributed by atoms with Crippen LogP contribution >= 0.6 is 11.6 Å². The highest BCUT2D eigenvalue weighted by molar-refractivity contribution is 6.30. The molecule has 2 atom stereocenters. The first-order valence-corrected chi connectivity index (χ1v) is 11.6. The van der Waals surface area contributed by atoms with Crippen molar-refractivity contribution < 1.29 is 23.5 Å². The lowest BCUT2D eigenvalue weighted by Crippen LogP contribution is -2.35. The molecular weight excluding hydrogens is 471 g/mol. The van der Waals surface area contributed by atoms with Crippen molar-refractivity contribution in [3.63, 3.8) is 0 Å². The van der Waals surface area contributed by atoms with Crippen LogP contribution in [-0.4, -0.2) is 44.0 Å². The molecule has 1 N–H and O–H groups in total. The molecule has 0 spiro atoms. The molecule has 4 rings (SSSR count). The van der Waals surface area contributed by atoms with Gasteiger partial charge in [0.2, 0.25) is 5.91 Å². The van der Waals surface area contributed by atoms with E-state index >= 15 is 0 Å². The van der Waals surface area contributed by atoms with E-state index in [1.54, 1.807) is 61.6 Å². The van der Waals surface area contributed by atoms with Crippen LogP contribution in [0.3, 0.4) is 0 Å². The van der Waals surface area contributed by atoms with Crippen LogP contribution in [0.5, 0.6) is 11.5 Å². The van der Waals surface area contributed by atoms with Gasteiger partial charge in [-0.25, -0.2) is 4.39 Å². The van der Waals surface area contributed by atoms with Crippen molar-refractivity contribution >= 4 is 23.4 Å². The summed E-state index contributed by atoms with van der Waals surface area (Å²) >= 11 is 5.98. The highest BCUT2D eigenvalue weighted by atomic mass is 35.5. The number of hydrogen-bond acceptors (Lipinski definition) is 4. The van der Waals surface area contributed by atoms with Crippen LogP contribution in [0.15, 0.2) is 66.7 Å². The van der Waals surface area contributed by atoms with E-state index in [1.807, 2.05) is 12.1 Å². The largest absolute Gasteiger partial charge is 0.493 e. The van der Waals surface area contributed by atoms with E-state index in [1.165, 1.54) is 12.1 Å². The van der Waals surface area contributed by atoms with Crippen molar-refractivity contribution in [1.82, 2.24) is 10.2 Å². The normalized spacial score (nSPS) is 17.2. The average Bonchev–Trinajstić information content (AvgIpc) is 3.33. The molecule has 2 unspecified atom stereocenters. The summed E-state index contributed by atoms with van der Waals surface area (Å²) in [6.07, 6.45) is 0. The Hall–Kier alpha value is -3.58. The zero-order valence-electron chi connectivity index (χ0n) is 19.5. The number of likely N-dealkylation sites (tertiary alicyclic amines) is 1. The molecule has 2 amide bonds. The minimum atomic E-state index is -0.521. The molecule has 35 heavy (non-hydrogen) atoms. The number of halogens is 2. The maximum Gasteiger partial charge on any atom is 0.253 e. The Morgan fingerprint density at radius 2 is 1.71 bits per heavy atom. The highest BCUT2D eigenvalue weighted by Crippen LogP contribution is 2.42. The van der Waals surface area contributed by atoms with Crippen molar-refractivity contribution in [1.29, 1.82) is 0 Å². The number of amides is 2. The number of nitrogens with zero attached hydrogens (tertiary/aromatic N) is 1. The quantitative estimate of drug-likeness (QED) is 0.516. The van der Waals surface area contributed by atoms with Crippen LogP contribution in [0.4, 0.5) is 4.39 Å². The Morgan fingerprint density at radius 3 is 2.37 bits per heavy atom. The van der Waals surface area contributed by atoms with Crippen LogP contribution < -0.4 is 14.8 Å². The first kappa shape index (κ1) is 24.5. The van der Waals surface area contributed by atoms with Gasteiger partial charge in [-0.2, -0.15) is 0 Å². The Morgan fingerprint density at radius 1 is 1.00 bits per heavy atom. The summed E-state index contributed by atoms with van der Waals surface area (Å²) in [5.74, 6) is -0.456. The Kier molecular flexibility index (Phi) is 7.56. The van der Waals surface area contributed by atoms with Gasteiger partial charge in [-0.3, -0.25) is 9.59 Å². The SMILES string of the molecule is COc1cccc(C2CN(C(=O)c3ccc(Cl)cc3)CC2C(=O)NCc2ccc(F)cc2)c1OC. The number of nitrogens with one attached hydrogen (secondary N) is 1. The first-order valence-electron chi connectivity index (χ1n) is 11.2. The predicted octanol–water partition coefficient (Wildman–Crippen LogP) is 4.67. The molecule has 0 aliphatic carbocycles. The molecule has 0 saturated carbocycles. The van der Waals surface area contributed by atoms with E-state index in [9.17, 15) is 14.0 Å². The topological polar surface area (TPSA) is 67.9 Å². The minimum absolute atomic E-state index is 0.178. The molecule has 0 radical (unpaired) electrons. The second-order valence-electron chi connectivity index (χ2n) is 8.36. The molecular formula is C27H26ClFN2O4. The number of ether oxygens (including phenoxy) is 2. The number of carbonyl (C=O) groups excluding carboxylic acids is 2. The van der Waals surface area contributed by atoms with Crippen molar-refractivity contribution in [2.75, 3.05) is 27.3 Å². The van der Waals surface area contributed by atoms with E-state index < -0.39 is 5.92 Å². The minimum Gasteiger partial charge on any atom is -0.493 e. The summed E-state index contributed by atoms with van der Waals surface area (Å²) in [6.45, 7) is 0.823. The molecule has 3 aromatic carbocycles. The average molecular weight is 497 g/mol. The molecule has 0 aromatic heterocycles. The highest BCUT2D eigenvalue weighted by Gasteiger charge is 2.42. The molecule has 0 bridgehead atoms. The lowest BCUT2D eigenvalue weighted by atomic mass is 9.87. The molecule has 1 aliphatic heterocycles. The van der Waals surface area contributed by atoms with Crippen LogP contribution in [0.1, 0.15) is 27.4 Å². The van der Waals surface area contributed by atoms with Crippen LogP contribution in [0.2, 0.25) is 5.02 Å². The molecule has 8 heteroatoms. The smallest absolute Gasteiger partial charge is 0.253 e. The van der Waals surface area contributed by atoms with E-state index in [4.69, 9.17) is 21.1 Å². The Balaban J connectivity index is 1.61. The van der Waals surface area contributed by atoms with E-state index in [2.05, 4.69) is 5.32 Å². The molecule has 1 heterocycles. The lowest BCUT2D eigenvalue weighted by molar-refractivity contribution is -0.125. The molecule has 1 aliphatic rings. The van der Waals surface area contributed by atoms with Crippen LogP contribution in [0.25, 0.3) is 0 Å². The molecule has 182 valence electrons. The van der Waals surface area contributed by atoms with Gasteiger partial charge in [-0.15, -0.1) is 0 Å². The van der Waals surface area contributed by atoms with E-state index in [0.29, 0.717) is 28.6 Å². The van der Waals surface area contributed by atoms with Gasteiger partial charge in [0.15, 0.2) is 11.5 Å². The van der Waals surface area contributed by atoms with Crippen molar-refractivity contribution in [2.24, 2.45) is 5.92 Å². The summed E-state index contributed by atoms with van der Waals surface area (Å²) in [7, 11) is 3.11. The van der Waals surface area contributed by atoms with Crippen LogP contribution in [0, 0.1) is 11.7 Å². The lowest BCUT2D eigenvalue weighted by Gasteiger charge is -2.21. The van der Waals surface area contributed by atoms with Crippen molar-refractivity contribution in [3.05, 3.63) is 94.3 Å². The van der Waals surface area contributed by atoms with Gasteiger partial charge in [0.1, 0.15) is 5.82 Å². The number of methoxy groups -OCH3 is 2. The van der Waals surface area contributed by atoms with Gasteiger partial charge in [-0.1, -0.05) is 35.9 Å². The first-order chi connectivity index (χ1) is 16.9. The summed E-state index contributed by atoms with van der Waals surface area (Å²) in [4.78, 5) is 28.3. The van der Waals surface area contributed by atoms with E-state index in [-0.39, 0.29) is 36.6 Å². The standard InChI is InChI=1S/C27H26ClFN2O4/c1-34-24-5-3-4-21(25(24)35-2)22-15-31(27(33)18-8-10-19(28)11-9-18)16-23(22)26(32)30-14-17-6-12-20(29)13-7-17/h3-13,22-23H,14-16H2,1-2H3,(H,30,32).